The first-order chi connectivity index (χ1) is 8.16. The highest BCUT2D eigenvalue weighted by molar-refractivity contribution is 5.28. The summed E-state index contributed by atoms with van der Waals surface area (Å²) in [4.78, 5) is 6.41. The van der Waals surface area contributed by atoms with Gasteiger partial charge in [0.05, 0.1) is 19.3 Å². The number of ether oxygens (including phenoxy) is 1. The number of anilines is 1. The third-order valence-electron chi connectivity index (χ3n) is 2.77. The van der Waals surface area contributed by atoms with Gasteiger partial charge in [-0.1, -0.05) is 13.8 Å². The van der Waals surface area contributed by atoms with E-state index in [9.17, 15) is 0 Å². The van der Waals surface area contributed by atoms with Crippen molar-refractivity contribution in [2.45, 2.75) is 26.3 Å². The summed E-state index contributed by atoms with van der Waals surface area (Å²) in [5.74, 6) is 1.67. The molecule has 1 atom stereocenters. The summed E-state index contributed by atoms with van der Waals surface area (Å²) in [6, 6.07) is -0.169. The molecule has 1 fully saturated rings. The number of rotatable bonds is 4. The molecule has 0 aromatic carbocycles. The number of nitrogens with zero attached hydrogens (tertiary/aromatic N) is 3. The Morgan fingerprint density at radius 2 is 2.06 bits per heavy atom. The molecule has 0 saturated carbocycles. The molecule has 2 rings (SSSR count). The van der Waals surface area contributed by atoms with E-state index in [1.807, 2.05) is 0 Å². The molecule has 2 heterocycles. The highest BCUT2D eigenvalue weighted by Gasteiger charge is 2.20. The zero-order valence-corrected chi connectivity index (χ0v) is 10.4. The highest BCUT2D eigenvalue weighted by atomic mass is 16.5. The molecular formula is C11H20N4O2. The molecule has 2 N–H and O–H groups in total. The Kier molecular flexibility index (Phi) is 3.96. The topological polar surface area (TPSA) is 77.4 Å². The summed E-state index contributed by atoms with van der Waals surface area (Å²) in [6.07, 6.45) is 0.852. The summed E-state index contributed by atoms with van der Waals surface area (Å²) in [5, 5.41) is 3.97. The van der Waals surface area contributed by atoms with E-state index in [0.717, 1.165) is 19.5 Å². The fourth-order valence-corrected chi connectivity index (χ4v) is 1.88. The van der Waals surface area contributed by atoms with Gasteiger partial charge in [0.15, 0.2) is 0 Å². The minimum absolute atomic E-state index is 0.169. The predicted octanol–water partition coefficient (Wildman–Crippen LogP) is 0.952. The molecular weight excluding hydrogens is 220 g/mol. The Bertz CT molecular complexity index is 347. The van der Waals surface area contributed by atoms with E-state index in [2.05, 4.69) is 28.9 Å². The van der Waals surface area contributed by atoms with Crippen LogP contribution in [0, 0.1) is 5.92 Å². The minimum atomic E-state index is -0.169. The van der Waals surface area contributed by atoms with Gasteiger partial charge in [-0.3, -0.25) is 0 Å². The van der Waals surface area contributed by atoms with Crippen molar-refractivity contribution >= 4 is 5.95 Å². The van der Waals surface area contributed by atoms with Crippen molar-refractivity contribution in [3.8, 4) is 0 Å². The van der Waals surface area contributed by atoms with Gasteiger partial charge in [-0.15, -0.1) is 0 Å². The molecule has 1 saturated heterocycles. The molecule has 0 spiro atoms. The molecule has 0 amide bonds. The largest absolute Gasteiger partial charge is 0.378 e. The molecule has 1 aromatic rings. The lowest BCUT2D eigenvalue weighted by molar-refractivity contribution is 0.121. The molecule has 0 aliphatic carbocycles. The fraction of sp³-hybridized carbons (Fsp3) is 0.818. The standard InChI is InChI=1S/C11H20N4O2/c1-8(2)7-9(12)10-13-11(14-17-10)15-3-5-16-6-4-15/h8-9H,3-7,12H2,1-2H3/t9-/m0/s1. The third-order valence-corrected chi connectivity index (χ3v) is 2.77. The van der Waals surface area contributed by atoms with Crippen molar-refractivity contribution in [2.24, 2.45) is 11.7 Å². The van der Waals surface area contributed by atoms with E-state index in [1.54, 1.807) is 0 Å². The van der Waals surface area contributed by atoms with Crippen LogP contribution < -0.4 is 10.6 Å². The van der Waals surface area contributed by atoms with Gasteiger partial charge >= 0.3 is 0 Å². The first-order valence-corrected chi connectivity index (χ1v) is 6.08. The van der Waals surface area contributed by atoms with Crippen molar-refractivity contribution in [1.29, 1.82) is 0 Å². The van der Waals surface area contributed by atoms with Crippen LogP contribution in [0.2, 0.25) is 0 Å². The van der Waals surface area contributed by atoms with E-state index >= 15 is 0 Å². The van der Waals surface area contributed by atoms with Crippen LogP contribution in [-0.4, -0.2) is 36.4 Å². The van der Waals surface area contributed by atoms with Gasteiger partial charge in [0.2, 0.25) is 5.89 Å². The lowest BCUT2D eigenvalue weighted by Crippen LogP contribution is -2.36. The number of hydrogen-bond acceptors (Lipinski definition) is 6. The van der Waals surface area contributed by atoms with Crippen LogP contribution in [0.4, 0.5) is 5.95 Å². The smallest absolute Gasteiger partial charge is 0.266 e. The Hall–Kier alpha value is -1.14. The van der Waals surface area contributed by atoms with Crippen molar-refractivity contribution in [3.05, 3.63) is 5.89 Å². The molecule has 6 heteroatoms. The Labute approximate surface area is 101 Å². The van der Waals surface area contributed by atoms with Crippen molar-refractivity contribution < 1.29 is 9.26 Å². The second kappa shape index (κ2) is 5.46. The molecule has 1 aliphatic rings. The third kappa shape index (κ3) is 3.17. The zero-order chi connectivity index (χ0) is 12.3. The van der Waals surface area contributed by atoms with E-state index in [-0.39, 0.29) is 6.04 Å². The average molecular weight is 240 g/mol. The summed E-state index contributed by atoms with van der Waals surface area (Å²) in [7, 11) is 0. The molecule has 6 nitrogen and oxygen atoms in total. The molecule has 1 aromatic heterocycles. The van der Waals surface area contributed by atoms with Crippen LogP contribution in [0.3, 0.4) is 0 Å². The maximum absolute atomic E-state index is 6.00. The van der Waals surface area contributed by atoms with Crippen molar-refractivity contribution in [3.63, 3.8) is 0 Å². The summed E-state index contributed by atoms with van der Waals surface area (Å²) < 4.78 is 10.5. The minimum Gasteiger partial charge on any atom is -0.378 e. The summed E-state index contributed by atoms with van der Waals surface area (Å²) in [6.45, 7) is 7.28. The van der Waals surface area contributed by atoms with Crippen LogP contribution in [0.1, 0.15) is 32.2 Å². The van der Waals surface area contributed by atoms with Crippen molar-refractivity contribution in [1.82, 2.24) is 10.1 Å². The highest BCUT2D eigenvalue weighted by Crippen LogP contribution is 2.19. The van der Waals surface area contributed by atoms with Gasteiger partial charge in [-0.05, 0) is 17.5 Å². The van der Waals surface area contributed by atoms with Gasteiger partial charge in [0, 0.05) is 13.1 Å². The second-order valence-corrected chi connectivity index (χ2v) is 4.77. The molecule has 96 valence electrons. The van der Waals surface area contributed by atoms with Crippen LogP contribution in [0.5, 0.6) is 0 Å². The van der Waals surface area contributed by atoms with E-state index < -0.39 is 0 Å². The molecule has 0 radical (unpaired) electrons. The van der Waals surface area contributed by atoms with Gasteiger partial charge < -0.3 is 19.9 Å². The Morgan fingerprint density at radius 3 is 2.71 bits per heavy atom. The van der Waals surface area contributed by atoms with Gasteiger partial charge in [0.1, 0.15) is 0 Å². The first-order valence-electron chi connectivity index (χ1n) is 6.08. The fourth-order valence-electron chi connectivity index (χ4n) is 1.88. The Balaban J connectivity index is 1.99. The number of nitrogens with two attached hydrogens (primary N) is 1. The van der Waals surface area contributed by atoms with Crippen LogP contribution in [0.25, 0.3) is 0 Å². The van der Waals surface area contributed by atoms with Gasteiger partial charge in [0.25, 0.3) is 5.95 Å². The Morgan fingerprint density at radius 1 is 1.35 bits per heavy atom. The summed E-state index contributed by atoms with van der Waals surface area (Å²) in [5.41, 5.74) is 6.00. The quantitative estimate of drug-likeness (QED) is 0.844. The zero-order valence-electron chi connectivity index (χ0n) is 10.4. The van der Waals surface area contributed by atoms with Crippen LogP contribution in [0.15, 0.2) is 4.52 Å². The lowest BCUT2D eigenvalue weighted by atomic mass is 10.0. The average Bonchev–Trinajstić information content (AvgIpc) is 2.78. The maximum Gasteiger partial charge on any atom is 0.266 e. The van der Waals surface area contributed by atoms with Gasteiger partial charge in [-0.2, -0.15) is 4.98 Å². The summed E-state index contributed by atoms with van der Waals surface area (Å²) >= 11 is 0. The van der Waals surface area contributed by atoms with Crippen LogP contribution >= 0.6 is 0 Å². The predicted molar refractivity (Wildman–Crippen MR) is 63.7 cm³/mol. The van der Waals surface area contributed by atoms with E-state index in [1.165, 1.54) is 0 Å². The number of morpholine rings is 1. The molecule has 17 heavy (non-hydrogen) atoms. The lowest BCUT2D eigenvalue weighted by Gasteiger charge is -2.24. The monoisotopic (exact) mass is 240 g/mol. The van der Waals surface area contributed by atoms with Crippen LogP contribution in [-0.2, 0) is 4.74 Å². The number of hydrogen-bond donors (Lipinski definition) is 1. The molecule has 0 unspecified atom stereocenters. The van der Waals surface area contributed by atoms with E-state index in [4.69, 9.17) is 15.0 Å². The maximum atomic E-state index is 6.00. The SMILES string of the molecule is CC(C)C[C@H](N)c1nc(N2CCOCC2)no1. The number of aromatic nitrogens is 2. The molecule has 1 aliphatic heterocycles. The van der Waals surface area contributed by atoms with Gasteiger partial charge in [-0.25, -0.2) is 0 Å². The van der Waals surface area contributed by atoms with Crippen molar-refractivity contribution in [2.75, 3.05) is 31.2 Å². The van der Waals surface area contributed by atoms with E-state index in [0.29, 0.717) is 31.0 Å². The second-order valence-electron chi connectivity index (χ2n) is 4.77. The normalized spacial score (nSPS) is 18.7. The molecule has 0 bridgehead atoms. The first kappa shape index (κ1) is 12.3.